The van der Waals surface area contributed by atoms with Gasteiger partial charge in [0, 0.05) is 0 Å². The normalized spacial score (nSPS) is 24.4. The maximum absolute atomic E-state index is 12.4. The first-order valence-corrected chi connectivity index (χ1v) is 6.80. The molecule has 1 heterocycles. The smallest absolute Gasteiger partial charge is 0.319 e. The average Bonchev–Trinajstić information content (AvgIpc) is 2.48. The van der Waals surface area contributed by atoms with E-state index in [1.165, 1.54) is 7.11 Å². The molecule has 1 saturated heterocycles. The Balaban J connectivity index is 2.38. The van der Waals surface area contributed by atoms with Gasteiger partial charge in [-0.1, -0.05) is 13.0 Å². The summed E-state index contributed by atoms with van der Waals surface area (Å²) in [6, 6.07) is 5.25. The Morgan fingerprint density at radius 1 is 1.10 bits per heavy atom. The number of carbonyl (C=O) groups excluding carboxylic acids is 2. The third-order valence-corrected chi connectivity index (χ3v) is 3.96. The molecule has 0 unspecified atom stereocenters. The van der Waals surface area contributed by atoms with E-state index in [4.69, 9.17) is 14.2 Å². The summed E-state index contributed by atoms with van der Waals surface area (Å²) in [5.41, 5.74) is -0.371. The lowest BCUT2D eigenvalue weighted by Gasteiger charge is -2.36. The van der Waals surface area contributed by atoms with Crippen LogP contribution in [0.3, 0.4) is 0 Å². The van der Waals surface area contributed by atoms with Gasteiger partial charge < -0.3 is 14.2 Å². The van der Waals surface area contributed by atoms with Crippen LogP contribution in [0.2, 0.25) is 0 Å². The van der Waals surface area contributed by atoms with Gasteiger partial charge in [0.1, 0.15) is 11.5 Å². The lowest BCUT2D eigenvalue weighted by Crippen LogP contribution is -2.46. The highest BCUT2D eigenvalue weighted by atomic mass is 16.5. The van der Waals surface area contributed by atoms with E-state index < -0.39 is 23.4 Å². The van der Waals surface area contributed by atoms with Crippen LogP contribution >= 0.6 is 0 Å². The van der Waals surface area contributed by atoms with Crippen LogP contribution in [0.5, 0.6) is 11.5 Å². The summed E-state index contributed by atoms with van der Waals surface area (Å²) in [7, 11) is 3.08. The van der Waals surface area contributed by atoms with Crippen LogP contribution in [0.15, 0.2) is 18.2 Å². The zero-order valence-corrected chi connectivity index (χ0v) is 12.9. The molecule has 1 aromatic rings. The first-order chi connectivity index (χ1) is 9.82. The van der Waals surface area contributed by atoms with Gasteiger partial charge in [-0.05, 0) is 31.5 Å². The fourth-order valence-electron chi connectivity index (χ4n) is 2.56. The van der Waals surface area contributed by atoms with Gasteiger partial charge in [-0.25, -0.2) is 0 Å². The monoisotopic (exact) mass is 292 g/mol. The van der Waals surface area contributed by atoms with Gasteiger partial charge in [0.25, 0.3) is 0 Å². The van der Waals surface area contributed by atoms with Gasteiger partial charge in [-0.2, -0.15) is 0 Å². The first-order valence-electron chi connectivity index (χ1n) is 6.80. The third-order valence-electron chi connectivity index (χ3n) is 3.96. The molecule has 0 radical (unpaired) electrons. The van der Waals surface area contributed by atoms with Crippen LogP contribution < -0.4 is 9.47 Å². The van der Waals surface area contributed by atoms with Crippen molar-refractivity contribution in [2.24, 2.45) is 11.3 Å². The predicted octanol–water partition coefficient (Wildman–Crippen LogP) is 2.53. The molecule has 1 aliphatic rings. The van der Waals surface area contributed by atoms with Crippen molar-refractivity contribution in [3.8, 4) is 11.5 Å². The summed E-state index contributed by atoms with van der Waals surface area (Å²) in [4.78, 5) is 24.4. The van der Waals surface area contributed by atoms with Gasteiger partial charge in [-0.3, -0.25) is 9.59 Å². The lowest BCUT2D eigenvalue weighted by atomic mass is 9.76. The molecule has 114 valence electrons. The summed E-state index contributed by atoms with van der Waals surface area (Å²) in [5.74, 6) is 0.109. The molecule has 0 amide bonds. The summed E-state index contributed by atoms with van der Waals surface area (Å²) >= 11 is 0. The van der Waals surface area contributed by atoms with Crippen molar-refractivity contribution in [2.75, 3.05) is 14.2 Å². The molecule has 21 heavy (non-hydrogen) atoms. The molecule has 0 N–H and O–H groups in total. The number of esters is 1. The van der Waals surface area contributed by atoms with Gasteiger partial charge >= 0.3 is 5.97 Å². The number of ether oxygens (including phenoxy) is 3. The van der Waals surface area contributed by atoms with E-state index in [2.05, 4.69) is 0 Å². The van der Waals surface area contributed by atoms with E-state index in [0.29, 0.717) is 11.5 Å². The average molecular weight is 292 g/mol. The molecule has 1 aromatic carbocycles. The van der Waals surface area contributed by atoms with E-state index in [1.54, 1.807) is 46.1 Å². The molecular formula is C16H20O5. The SMILES string of the molecule is COc1ccc([C@@H]2OC(=O)C(C)(C)C(=O)[C@@H]2C)cc1OC. The van der Waals surface area contributed by atoms with E-state index in [-0.39, 0.29) is 5.78 Å². The summed E-state index contributed by atoms with van der Waals surface area (Å²) in [6.07, 6.45) is -0.599. The minimum atomic E-state index is -1.09. The molecular weight excluding hydrogens is 272 g/mol. The molecule has 5 heteroatoms. The fourth-order valence-corrected chi connectivity index (χ4v) is 2.56. The predicted molar refractivity (Wildman–Crippen MR) is 76.3 cm³/mol. The number of benzene rings is 1. The van der Waals surface area contributed by atoms with Crippen molar-refractivity contribution in [3.05, 3.63) is 23.8 Å². The molecule has 1 fully saturated rings. The molecule has 2 rings (SSSR count). The van der Waals surface area contributed by atoms with Crippen LogP contribution in [0.1, 0.15) is 32.4 Å². The number of hydrogen-bond acceptors (Lipinski definition) is 5. The molecule has 2 atom stereocenters. The van der Waals surface area contributed by atoms with E-state index >= 15 is 0 Å². The van der Waals surface area contributed by atoms with Crippen LogP contribution in [0, 0.1) is 11.3 Å². The molecule has 0 aromatic heterocycles. The van der Waals surface area contributed by atoms with Crippen LogP contribution in [0.25, 0.3) is 0 Å². The van der Waals surface area contributed by atoms with Crippen molar-refractivity contribution in [1.29, 1.82) is 0 Å². The Kier molecular flexibility index (Phi) is 3.94. The maximum atomic E-state index is 12.4. The summed E-state index contributed by atoms with van der Waals surface area (Å²) < 4.78 is 15.9. The summed E-state index contributed by atoms with van der Waals surface area (Å²) in [5, 5.41) is 0. The molecule has 1 aliphatic heterocycles. The second kappa shape index (κ2) is 5.39. The quantitative estimate of drug-likeness (QED) is 0.633. The topological polar surface area (TPSA) is 61.8 Å². The minimum Gasteiger partial charge on any atom is -0.493 e. The molecule has 0 spiro atoms. The number of Topliss-reactive ketones (excluding diaryl/α,β-unsaturated/α-hetero) is 1. The Bertz CT molecular complexity index is 576. The van der Waals surface area contributed by atoms with Gasteiger partial charge in [-0.15, -0.1) is 0 Å². The Hall–Kier alpha value is -2.04. The molecule has 0 aliphatic carbocycles. The largest absolute Gasteiger partial charge is 0.493 e. The molecule has 5 nitrogen and oxygen atoms in total. The highest BCUT2D eigenvalue weighted by Gasteiger charge is 2.49. The Morgan fingerprint density at radius 3 is 2.29 bits per heavy atom. The lowest BCUT2D eigenvalue weighted by molar-refractivity contribution is -0.178. The Labute approximate surface area is 124 Å². The molecule has 0 bridgehead atoms. The minimum absolute atomic E-state index is 0.112. The van der Waals surface area contributed by atoms with Gasteiger partial charge in [0.05, 0.1) is 20.1 Å². The number of carbonyl (C=O) groups is 2. The van der Waals surface area contributed by atoms with Crippen molar-refractivity contribution in [2.45, 2.75) is 26.9 Å². The van der Waals surface area contributed by atoms with E-state index in [1.807, 2.05) is 0 Å². The van der Waals surface area contributed by atoms with Gasteiger partial charge in [0.2, 0.25) is 0 Å². The second-order valence-corrected chi connectivity index (χ2v) is 5.72. The van der Waals surface area contributed by atoms with Crippen molar-refractivity contribution in [1.82, 2.24) is 0 Å². The zero-order chi connectivity index (χ0) is 15.8. The molecule has 0 saturated carbocycles. The summed E-state index contributed by atoms with van der Waals surface area (Å²) in [6.45, 7) is 4.97. The van der Waals surface area contributed by atoms with Crippen LogP contribution in [-0.2, 0) is 14.3 Å². The van der Waals surface area contributed by atoms with E-state index in [0.717, 1.165) is 5.56 Å². The number of hydrogen-bond donors (Lipinski definition) is 0. The first kappa shape index (κ1) is 15.4. The third kappa shape index (κ3) is 2.48. The van der Waals surface area contributed by atoms with Crippen LogP contribution in [0.4, 0.5) is 0 Å². The number of methoxy groups -OCH3 is 2. The highest BCUT2D eigenvalue weighted by Crippen LogP contribution is 2.41. The van der Waals surface area contributed by atoms with Crippen molar-refractivity contribution in [3.63, 3.8) is 0 Å². The van der Waals surface area contributed by atoms with Gasteiger partial charge in [0.15, 0.2) is 17.3 Å². The fraction of sp³-hybridized carbons (Fsp3) is 0.500. The highest BCUT2D eigenvalue weighted by molar-refractivity contribution is 6.06. The number of ketones is 1. The zero-order valence-electron chi connectivity index (χ0n) is 12.9. The van der Waals surface area contributed by atoms with Crippen LogP contribution in [-0.4, -0.2) is 26.0 Å². The van der Waals surface area contributed by atoms with Crippen molar-refractivity contribution >= 4 is 11.8 Å². The van der Waals surface area contributed by atoms with Crippen molar-refractivity contribution < 1.29 is 23.8 Å². The maximum Gasteiger partial charge on any atom is 0.319 e. The Morgan fingerprint density at radius 2 is 1.71 bits per heavy atom. The standard InChI is InChI=1S/C16H20O5/c1-9-13(21-15(18)16(2,3)14(9)17)10-6-7-11(19-4)12(8-10)20-5/h6-9,13H,1-5H3/t9-,13-/m1/s1. The number of cyclic esters (lactones) is 1. The second-order valence-electron chi connectivity index (χ2n) is 5.72. The number of rotatable bonds is 3. The van der Waals surface area contributed by atoms with E-state index in [9.17, 15) is 9.59 Å².